The average Bonchev–Trinajstić information content (AvgIpc) is 2.78. The summed E-state index contributed by atoms with van der Waals surface area (Å²) in [7, 11) is 0. The van der Waals surface area contributed by atoms with E-state index < -0.39 is 5.60 Å². The fraction of sp³-hybridized carbons (Fsp3) is 0.562. The van der Waals surface area contributed by atoms with Gasteiger partial charge in [0, 0.05) is 35.7 Å². The maximum absolute atomic E-state index is 11.8. The van der Waals surface area contributed by atoms with E-state index in [1.54, 1.807) is 6.07 Å². The lowest BCUT2D eigenvalue weighted by atomic mass is 10.2. The molecule has 0 aliphatic carbocycles. The van der Waals surface area contributed by atoms with E-state index in [0.29, 0.717) is 10.0 Å². The van der Waals surface area contributed by atoms with Crippen LogP contribution in [0.4, 0.5) is 4.79 Å². The first-order valence-corrected chi connectivity index (χ1v) is 8.14. The summed E-state index contributed by atoms with van der Waals surface area (Å²) < 4.78 is 5.28. The highest BCUT2D eigenvalue weighted by atomic mass is 35.5. The van der Waals surface area contributed by atoms with Crippen LogP contribution in [0.5, 0.6) is 0 Å². The van der Waals surface area contributed by atoms with Gasteiger partial charge in [-0.15, -0.1) is 0 Å². The maximum atomic E-state index is 11.8. The Kier molecular flexibility index (Phi) is 5.59. The van der Waals surface area contributed by atoms with Gasteiger partial charge in [-0.25, -0.2) is 4.79 Å². The van der Waals surface area contributed by atoms with Gasteiger partial charge in [-0.05, 0) is 51.0 Å². The Morgan fingerprint density at radius 3 is 2.82 bits per heavy atom. The number of amides is 1. The molecule has 2 rings (SSSR count). The lowest BCUT2D eigenvalue weighted by Crippen LogP contribution is -2.40. The van der Waals surface area contributed by atoms with E-state index in [2.05, 4.69) is 10.2 Å². The smallest absolute Gasteiger partial charge is 0.407 e. The number of halogens is 2. The summed E-state index contributed by atoms with van der Waals surface area (Å²) in [6.45, 7) is 7.98. The molecule has 6 heteroatoms. The Labute approximate surface area is 141 Å². The fourth-order valence-electron chi connectivity index (χ4n) is 2.47. The summed E-state index contributed by atoms with van der Waals surface area (Å²) in [5, 5.41) is 4.31. The number of nitrogens with zero attached hydrogens (tertiary/aromatic N) is 1. The molecule has 1 aliphatic rings. The molecule has 0 radical (unpaired) electrons. The molecule has 1 aliphatic heterocycles. The van der Waals surface area contributed by atoms with E-state index in [9.17, 15) is 4.79 Å². The number of likely N-dealkylation sites (tertiary alicyclic amines) is 1. The highest BCUT2D eigenvalue weighted by molar-refractivity contribution is 6.33. The highest BCUT2D eigenvalue weighted by Gasteiger charge is 2.26. The minimum absolute atomic E-state index is 0.104. The lowest BCUT2D eigenvalue weighted by Gasteiger charge is -2.22. The van der Waals surface area contributed by atoms with Crippen LogP contribution in [0.3, 0.4) is 0 Å². The molecule has 1 heterocycles. The molecule has 22 heavy (non-hydrogen) atoms. The van der Waals surface area contributed by atoms with Crippen LogP contribution in [0, 0.1) is 0 Å². The molecule has 1 amide bonds. The molecule has 1 atom stereocenters. The first-order valence-electron chi connectivity index (χ1n) is 7.39. The SMILES string of the molecule is CC(C)(C)OC(=O)NC1CCN(Cc2cc(Cl)ccc2Cl)C1. The zero-order chi connectivity index (χ0) is 16.3. The van der Waals surface area contributed by atoms with Crippen molar-refractivity contribution in [3.63, 3.8) is 0 Å². The zero-order valence-electron chi connectivity index (χ0n) is 13.2. The topological polar surface area (TPSA) is 41.6 Å². The predicted octanol–water partition coefficient (Wildman–Crippen LogP) is 4.09. The first-order chi connectivity index (χ1) is 10.2. The number of rotatable bonds is 3. The van der Waals surface area contributed by atoms with Crippen LogP contribution in [-0.2, 0) is 11.3 Å². The summed E-state index contributed by atoms with van der Waals surface area (Å²) in [5.74, 6) is 0. The number of benzene rings is 1. The molecule has 1 fully saturated rings. The highest BCUT2D eigenvalue weighted by Crippen LogP contribution is 2.23. The zero-order valence-corrected chi connectivity index (χ0v) is 14.7. The van der Waals surface area contributed by atoms with Crippen molar-refractivity contribution < 1.29 is 9.53 Å². The van der Waals surface area contributed by atoms with Gasteiger partial charge in [0.2, 0.25) is 0 Å². The van der Waals surface area contributed by atoms with Crippen LogP contribution in [0.1, 0.15) is 32.8 Å². The van der Waals surface area contributed by atoms with Gasteiger partial charge in [0.05, 0.1) is 0 Å². The van der Waals surface area contributed by atoms with Crippen molar-refractivity contribution in [1.82, 2.24) is 10.2 Å². The van der Waals surface area contributed by atoms with Gasteiger partial charge in [0.15, 0.2) is 0 Å². The third-order valence-electron chi connectivity index (χ3n) is 3.39. The number of carbonyl (C=O) groups excluding carboxylic acids is 1. The quantitative estimate of drug-likeness (QED) is 0.897. The second kappa shape index (κ2) is 7.07. The van der Waals surface area contributed by atoms with Crippen LogP contribution in [-0.4, -0.2) is 35.7 Å². The summed E-state index contributed by atoms with van der Waals surface area (Å²) in [5.41, 5.74) is 0.531. The molecule has 0 saturated carbocycles. The Morgan fingerprint density at radius 1 is 1.41 bits per heavy atom. The molecule has 122 valence electrons. The fourth-order valence-corrected chi connectivity index (χ4v) is 2.85. The van der Waals surface area contributed by atoms with Crippen molar-refractivity contribution in [3.05, 3.63) is 33.8 Å². The van der Waals surface area contributed by atoms with E-state index >= 15 is 0 Å². The molecular formula is C16H22Cl2N2O2. The van der Waals surface area contributed by atoms with Crippen molar-refractivity contribution in [3.8, 4) is 0 Å². The molecule has 1 unspecified atom stereocenters. The number of nitrogens with one attached hydrogen (secondary N) is 1. The summed E-state index contributed by atoms with van der Waals surface area (Å²) in [6.07, 6.45) is 0.539. The first kappa shape index (κ1) is 17.4. The minimum Gasteiger partial charge on any atom is -0.444 e. The van der Waals surface area contributed by atoms with Gasteiger partial charge in [-0.2, -0.15) is 0 Å². The monoisotopic (exact) mass is 344 g/mol. The van der Waals surface area contributed by atoms with Crippen LogP contribution in [0.2, 0.25) is 10.0 Å². The number of hydrogen-bond donors (Lipinski definition) is 1. The Balaban J connectivity index is 1.85. The van der Waals surface area contributed by atoms with Crippen molar-refractivity contribution in [1.29, 1.82) is 0 Å². The minimum atomic E-state index is -0.476. The normalized spacial score (nSPS) is 19.2. The van der Waals surface area contributed by atoms with E-state index in [0.717, 1.165) is 31.6 Å². The second-order valence-corrected chi connectivity index (χ2v) is 7.45. The van der Waals surface area contributed by atoms with E-state index in [-0.39, 0.29) is 12.1 Å². The van der Waals surface area contributed by atoms with Gasteiger partial charge >= 0.3 is 6.09 Å². The predicted molar refractivity (Wildman–Crippen MR) is 89.5 cm³/mol. The Bertz CT molecular complexity index is 543. The standard InChI is InChI=1S/C16H22Cl2N2O2/c1-16(2,3)22-15(21)19-13-6-7-20(10-13)9-11-8-12(17)4-5-14(11)18/h4-5,8,13H,6-7,9-10H2,1-3H3,(H,19,21). The second-order valence-electron chi connectivity index (χ2n) is 6.60. The maximum Gasteiger partial charge on any atom is 0.407 e. The molecule has 1 aromatic carbocycles. The van der Waals surface area contributed by atoms with Crippen molar-refractivity contribution in [2.24, 2.45) is 0 Å². The molecule has 1 N–H and O–H groups in total. The van der Waals surface area contributed by atoms with Crippen LogP contribution in [0.15, 0.2) is 18.2 Å². The van der Waals surface area contributed by atoms with Crippen molar-refractivity contribution in [2.45, 2.75) is 45.4 Å². The molecule has 0 bridgehead atoms. The van der Waals surface area contributed by atoms with Crippen LogP contribution in [0.25, 0.3) is 0 Å². The third-order valence-corrected chi connectivity index (χ3v) is 4.00. The lowest BCUT2D eigenvalue weighted by molar-refractivity contribution is 0.0506. The van der Waals surface area contributed by atoms with E-state index in [1.165, 1.54) is 0 Å². The van der Waals surface area contributed by atoms with Gasteiger partial charge in [-0.3, -0.25) is 4.90 Å². The van der Waals surface area contributed by atoms with Crippen molar-refractivity contribution in [2.75, 3.05) is 13.1 Å². The molecule has 4 nitrogen and oxygen atoms in total. The average molecular weight is 345 g/mol. The van der Waals surface area contributed by atoms with Gasteiger partial charge < -0.3 is 10.1 Å². The van der Waals surface area contributed by atoms with Crippen molar-refractivity contribution >= 4 is 29.3 Å². The van der Waals surface area contributed by atoms with Gasteiger partial charge in [-0.1, -0.05) is 23.2 Å². The van der Waals surface area contributed by atoms with E-state index in [1.807, 2.05) is 32.9 Å². The Morgan fingerprint density at radius 2 is 2.14 bits per heavy atom. The summed E-state index contributed by atoms with van der Waals surface area (Å²) in [4.78, 5) is 14.0. The number of alkyl carbamates (subject to hydrolysis) is 1. The Hall–Kier alpha value is -0.970. The molecular weight excluding hydrogens is 323 g/mol. The molecule has 0 aromatic heterocycles. The molecule has 0 spiro atoms. The van der Waals surface area contributed by atoms with Crippen LogP contribution >= 0.6 is 23.2 Å². The molecule has 1 saturated heterocycles. The summed E-state index contributed by atoms with van der Waals surface area (Å²) in [6, 6.07) is 5.59. The number of carbonyl (C=O) groups is 1. The number of hydrogen-bond acceptors (Lipinski definition) is 3. The summed E-state index contributed by atoms with van der Waals surface area (Å²) >= 11 is 12.2. The largest absolute Gasteiger partial charge is 0.444 e. The van der Waals surface area contributed by atoms with E-state index in [4.69, 9.17) is 27.9 Å². The van der Waals surface area contributed by atoms with Gasteiger partial charge in [0.25, 0.3) is 0 Å². The van der Waals surface area contributed by atoms with Crippen LogP contribution < -0.4 is 5.32 Å². The molecule has 1 aromatic rings. The van der Waals surface area contributed by atoms with Gasteiger partial charge in [0.1, 0.15) is 5.60 Å². The number of ether oxygens (including phenoxy) is 1. The third kappa shape index (κ3) is 5.34.